The van der Waals surface area contributed by atoms with Gasteiger partial charge in [-0.25, -0.2) is 0 Å². The minimum Gasteiger partial charge on any atom is -0.496 e. The normalized spacial score (nSPS) is 16.7. The Kier molecular flexibility index (Phi) is 3.92. The fraction of sp³-hybridized carbons (Fsp3) is 0.474. The summed E-state index contributed by atoms with van der Waals surface area (Å²) in [6.45, 7) is 12.8. The maximum Gasteiger partial charge on any atom is 0.135 e. The molecule has 0 aromatic heterocycles. The van der Waals surface area contributed by atoms with E-state index in [1.165, 1.54) is 0 Å². The lowest BCUT2D eigenvalue weighted by Gasteiger charge is -2.30. The molecule has 2 nitrogen and oxygen atoms in total. The summed E-state index contributed by atoms with van der Waals surface area (Å²) in [6.07, 6.45) is 8.58. The number of rotatable bonds is 2. The van der Waals surface area contributed by atoms with Gasteiger partial charge in [0.25, 0.3) is 0 Å². The Labute approximate surface area is 128 Å². The van der Waals surface area contributed by atoms with Gasteiger partial charge in [0.2, 0.25) is 0 Å². The maximum atomic E-state index is 6.20. The largest absolute Gasteiger partial charge is 0.496 e. The van der Waals surface area contributed by atoms with Crippen LogP contribution in [0.2, 0.25) is 0 Å². The van der Waals surface area contributed by atoms with Crippen LogP contribution in [0, 0.1) is 12.3 Å². The summed E-state index contributed by atoms with van der Waals surface area (Å²) in [7, 11) is 1.71. The third-order valence-electron chi connectivity index (χ3n) is 3.57. The number of ether oxygens (including phenoxy) is 2. The lowest BCUT2D eigenvalue weighted by Crippen LogP contribution is -2.28. The van der Waals surface area contributed by atoms with Crippen molar-refractivity contribution in [2.45, 2.75) is 47.1 Å². The molecule has 2 heteroatoms. The van der Waals surface area contributed by atoms with E-state index >= 15 is 0 Å². The summed E-state index contributed by atoms with van der Waals surface area (Å²) >= 11 is 0. The Morgan fingerprint density at radius 2 is 1.90 bits per heavy atom. The van der Waals surface area contributed by atoms with Crippen molar-refractivity contribution in [1.82, 2.24) is 0 Å². The van der Waals surface area contributed by atoms with Gasteiger partial charge in [0.1, 0.15) is 17.1 Å². The first kappa shape index (κ1) is 15.7. The second kappa shape index (κ2) is 5.25. The van der Waals surface area contributed by atoms with Crippen LogP contribution in [0.1, 0.15) is 51.3 Å². The minimum absolute atomic E-state index is 0.127. The molecule has 1 heterocycles. The van der Waals surface area contributed by atoms with E-state index in [1.807, 2.05) is 6.07 Å². The van der Waals surface area contributed by atoms with Crippen molar-refractivity contribution in [3.8, 4) is 11.5 Å². The molecule has 0 saturated heterocycles. The molecule has 1 aromatic rings. The summed E-state index contributed by atoms with van der Waals surface area (Å²) in [5, 5.41) is 0. The zero-order valence-corrected chi connectivity index (χ0v) is 14.2. The van der Waals surface area contributed by atoms with E-state index < -0.39 is 0 Å². The SMILES string of the molecule is COc1cc2c(c(/C=C\C(C)(C)C)c1C)OC(C)(C)C=C2. The van der Waals surface area contributed by atoms with E-state index in [4.69, 9.17) is 9.47 Å². The van der Waals surface area contributed by atoms with E-state index in [2.05, 4.69) is 65.8 Å². The second-order valence-electron chi connectivity index (χ2n) is 7.27. The summed E-state index contributed by atoms with van der Waals surface area (Å²) in [5.74, 6) is 1.84. The third-order valence-corrected chi connectivity index (χ3v) is 3.57. The molecule has 0 bridgehead atoms. The van der Waals surface area contributed by atoms with E-state index in [-0.39, 0.29) is 11.0 Å². The summed E-state index contributed by atoms with van der Waals surface area (Å²) in [5.41, 5.74) is 3.14. The zero-order valence-electron chi connectivity index (χ0n) is 14.2. The predicted molar refractivity (Wildman–Crippen MR) is 90.0 cm³/mol. The Balaban J connectivity index is 2.62. The average molecular weight is 286 g/mol. The Bertz CT molecular complexity index is 599. The fourth-order valence-electron chi connectivity index (χ4n) is 2.34. The number of fused-ring (bicyclic) bond motifs is 1. The molecule has 0 spiro atoms. The molecule has 0 N–H and O–H groups in total. The fourth-order valence-corrected chi connectivity index (χ4v) is 2.34. The summed E-state index contributed by atoms with van der Waals surface area (Å²) < 4.78 is 11.7. The van der Waals surface area contributed by atoms with Crippen molar-refractivity contribution in [3.05, 3.63) is 34.9 Å². The van der Waals surface area contributed by atoms with E-state index in [0.717, 1.165) is 28.2 Å². The van der Waals surface area contributed by atoms with Gasteiger partial charge >= 0.3 is 0 Å². The Hall–Kier alpha value is -1.70. The van der Waals surface area contributed by atoms with Crippen LogP contribution in [0.15, 0.2) is 18.2 Å². The number of methoxy groups -OCH3 is 1. The third kappa shape index (κ3) is 3.49. The minimum atomic E-state index is -0.279. The molecule has 1 aliphatic heterocycles. The molecule has 0 unspecified atom stereocenters. The average Bonchev–Trinajstić information content (AvgIpc) is 2.35. The van der Waals surface area contributed by atoms with Crippen molar-refractivity contribution in [2.75, 3.05) is 7.11 Å². The smallest absolute Gasteiger partial charge is 0.135 e. The first-order valence-electron chi connectivity index (χ1n) is 7.42. The molecule has 0 radical (unpaired) electrons. The van der Waals surface area contributed by atoms with Crippen molar-refractivity contribution < 1.29 is 9.47 Å². The van der Waals surface area contributed by atoms with Crippen LogP contribution in [0.5, 0.6) is 11.5 Å². The molecular weight excluding hydrogens is 260 g/mol. The van der Waals surface area contributed by atoms with Crippen molar-refractivity contribution in [2.24, 2.45) is 5.41 Å². The standard InChI is InChI=1S/C19H26O2/c1-13-15(9-10-18(2,3)4)17-14(12-16(13)20-7)8-11-19(5,6)21-17/h8-12H,1-7H3/b10-9-. The molecule has 2 rings (SSSR count). The topological polar surface area (TPSA) is 18.5 Å². The number of benzene rings is 1. The Morgan fingerprint density at radius 1 is 1.24 bits per heavy atom. The second-order valence-corrected chi connectivity index (χ2v) is 7.27. The van der Waals surface area contributed by atoms with Crippen LogP contribution in [0.4, 0.5) is 0 Å². The predicted octanol–water partition coefficient (Wildman–Crippen LogP) is 5.25. The van der Waals surface area contributed by atoms with Gasteiger partial charge in [0.15, 0.2) is 0 Å². The maximum absolute atomic E-state index is 6.20. The molecule has 0 amide bonds. The van der Waals surface area contributed by atoms with E-state index in [9.17, 15) is 0 Å². The molecule has 1 aromatic carbocycles. The quantitative estimate of drug-likeness (QED) is 0.739. The van der Waals surface area contributed by atoms with Crippen LogP contribution in [0.3, 0.4) is 0 Å². The molecular formula is C19H26O2. The van der Waals surface area contributed by atoms with Crippen LogP contribution in [-0.4, -0.2) is 12.7 Å². The monoisotopic (exact) mass is 286 g/mol. The molecule has 0 fully saturated rings. The zero-order chi connectivity index (χ0) is 15.8. The van der Waals surface area contributed by atoms with Gasteiger partial charge in [-0.3, -0.25) is 0 Å². The van der Waals surface area contributed by atoms with Gasteiger partial charge in [0.05, 0.1) is 7.11 Å². The van der Waals surface area contributed by atoms with Gasteiger partial charge in [-0.05, 0) is 38.3 Å². The lowest BCUT2D eigenvalue weighted by molar-refractivity contribution is 0.158. The van der Waals surface area contributed by atoms with Crippen LogP contribution >= 0.6 is 0 Å². The van der Waals surface area contributed by atoms with Gasteiger partial charge in [-0.1, -0.05) is 39.0 Å². The van der Waals surface area contributed by atoms with Gasteiger partial charge < -0.3 is 9.47 Å². The lowest BCUT2D eigenvalue weighted by atomic mass is 9.92. The summed E-state index contributed by atoms with van der Waals surface area (Å²) in [4.78, 5) is 0. The van der Waals surface area contributed by atoms with Crippen LogP contribution in [0.25, 0.3) is 12.2 Å². The number of allylic oxidation sites excluding steroid dienone is 1. The van der Waals surface area contributed by atoms with Crippen molar-refractivity contribution >= 4 is 12.2 Å². The molecule has 21 heavy (non-hydrogen) atoms. The van der Waals surface area contributed by atoms with Crippen LogP contribution < -0.4 is 9.47 Å². The Morgan fingerprint density at radius 3 is 2.48 bits per heavy atom. The molecule has 0 saturated carbocycles. The first-order valence-corrected chi connectivity index (χ1v) is 7.42. The van der Waals surface area contributed by atoms with Crippen LogP contribution in [-0.2, 0) is 0 Å². The van der Waals surface area contributed by atoms with E-state index in [0.29, 0.717) is 0 Å². The van der Waals surface area contributed by atoms with Gasteiger partial charge in [-0.2, -0.15) is 0 Å². The number of hydrogen-bond acceptors (Lipinski definition) is 2. The van der Waals surface area contributed by atoms with Gasteiger partial charge in [0, 0.05) is 16.7 Å². The molecule has 0 aliphatic carbocycles. The molecule has 1 aliphatic rings. The highest BCUT2D eigenvalue weighted by Crippen LogP contribution is 2.41. The highest BCUT2D eigenvalue weighted by molar-refractivity contribution is 5.75. The van der Waals surface area contributed by atoms with Crippen molar-refractivity contribution in [1.29, 1.82) is 0 Å². The van der Waals surface area contributed by atoms with Crippen molar-refractivity contribution in [3.63, 3.8) is 0 Å². The number of hydrogen-bond donors (Lipinski definition) is 0. The molecule has 0 atom stereocenters. The van der Waals surface area contributed by atoms with E-state index in [1.54, 1.807) is 7.11 Å². The summed E-state index contributed by atoms with van der Waals surface area (Å²) in [6, 6.07) is 2.05. The highest BCUT2D eigenvalue weighted by atomic mass is 16.5. The first-order chi connectivity index (χ1) is 9.63. The highest BCUT2D eigenvalue weighted by Gasteiger charge is 2.25. The van der Waals surface area contributed by atoms with Gasteiger partial charge in [-0.15, -0.1) is 0 Å². The molecule has 114 valence electrons.